The van der Waals surface area contributed by atoms with Gasteiger partial charge in [-0.05, 0) is 17.7 Å². The van der Waals surface area contributed by atoms with Gasteiger partial charge in [-0.15, -0.1) is 0 Å². The van der Waals surface area contributed by atoms with Crippen LogP contribution in [-0.4, -0.2) is 11.9 Å². The molecule has 1 aliphatic heterocycles. The van der Waals surface area contributed by atoms with Crippen LogP contribution >= 0.6 is 0 Å². The molecule has 0 saturated carbocycles. The Labute approximate surface area is 94.4 Å². The molecule has 3 heteroatoms. The van der Waals surface area contributed by atoms with Crippen LogP contribution in [0.25, 0.3) is 0 Å². The van der Waals surface area contributed by atoms with E-state index in [1.165, 1.54) is 12.1 Å². The molecule has 1 aliphatic rings. The topological polar surface area (TPSA) is 29.6 Å². The minimum Gasteiger partial charge on any atom is -0.356 e. The highest BCUT2D eigenvalue weighted by Crippen LogP contribution is 2.42. The van der Waals surface area contributed by atoms with Gasteiger partial charge in [0.15, 0.2) is 5.78 Å². The van der Waals surface area contributed by atoms with Crippen LogP contribution in [0, 0.1) is 11.2 Å². The van der Waals surface area contributed by atoms with Crippen molar-refractivity contribution in [2.75, 3.05) is 0 Å². The highest BCUT2D eigenvalue weighted by molar-refractivity contribution is 5.90. The van der Waals surface area contributed by atoms with E-state index in [2.05, 4.69) is 0 Å². The van der Waals surface area contributed by atoms with Gasteiger partial charge in [-0.25, -0.2) is 4.39 Å². The fraction of sp³-hybridized carbons (Fsp3) is 0.462. The van der Waals surface area contributed by atoms with Crippen molar-refractivity contribution in [2.45, 2.75) is 33.0 Å². The number of hydrogen-bond acceptors (Lipinski definition) is 2. The molecule has 1 aromatic rings. The standard InChI is InChI=1S/C13H15FO2/c1-13(2,3)12(15)11-10(16-11)8-5-4-6-9(14)7-8/h4-7,10-11H,1-3H3/t10-,11-/m1/s1. The summed E-state index contributed by atoms with van der Waals surface area (Å²) in [6.45, 7) is 5.58. The molecule has 86 valence electrons. The lowest BCUT2D eigenvalue weighted by atomic mass is 9.87. The number of rotatable bonds is 2. The number of halogens is 1. The van der Waals surface area contributed by atoms with Gasteiger partial charge in [-0.1, -0.05) is 32.9 Å². The largest absolute Gasteiger partial charge is 0.356 e. The maximum absolute atomic E-state index is 13.0. The average Bonchev–Trinajstić information content (AvgIpc) is 2.94. The zero-order valence-corrected chi connectivity index (χ0v) is 9.66. The van der Waals surface area contributed by atoms with Crippen molar-refractivity contribution in [2.24, 2.45) is 5.41 Å². The van der Waals surface area contributed by atoms with E-state index >= 15 is 0 Å². The van der Waals surface area contributed by atoms with Crippen LogP contribution in [0.15, 0.2) is 24.3 Å². The second kappa shape index (κ2) is 3.67. The highest BCUT2D eigenvalue weighted by Gasteiger charge is 2.49. The summed E-state index contributed by atoms with van der Waals surface area (Å²) in [5.74, 6) is -0.225. The Morgan fingerprint density at radius 1 is 1.38 bits per heavy atom. The molecule has 0 amide bonds. The van der Waals surface area contributed by atoms with E-state index < -0.39 is 11.5 Å². The Balaban J connectivity index is 2.10. The van der Waals surface area contributed by atoms with E-state index in [4.69, 9.17) is 4.74 Å². The fourth-order valence-electron chi connectivity index (χ4n) is 1.68. The molecule has 1 aromatic carbocycles. The molecule has 0 bridgehead atoms. The monoisotopic (exact) mass is 222 g/mol. The molecule has 1 saturated heterocycles. The van der Waals surface area contributed by atoms with E-state index in [1.54, 1.807) is 12.1 Å². The maximum Gasteiger partial charge on any atom is 0.169 e. The minimum absolute atomic E-state index is 0.0711. The lowest BCUT2D eigenvalue weighted by molar-refractivity contribution is -0.127. The Bertz CT molecular complexity index is 420. The van der Waals surface area contributed by atoms with E-state index in [0.29, 0.717) is 0 Å². The second-order valence-corrected chi connectivity index (χ2v) is 5.15. The van der Waals surface area contributed by atoms with E-state index in [0.717, 1.165) is 5.56 Å². The Hall–Kier alpha value is -1.22. The fourth-order valence-corrected chi connectivity index (χ4v) is 1.68. The van der Waals surface area contributed by atoms with Gasteiger partial charge in [-0.2, -0.15) is 0 Å². The summed E-state index contributed by atoms with van der Waals surface area (Å²) in [7, 11) is 0. The van der Waals surface area contributed by atoms with Gasteiger partial charge in [0.05, 0.1) is 0 Å². The van der Waals surface area contributed by atoms with Crippen LogP contribution in [0.2, 0.25) is 0 Å². The Morgan fingerprint density at radius 2 is 2.06 bits per heavy atom. The van der Waals surface area contributed by atoms with Crippen LogP contribution in [0.3, 0.4) is 0 Å². The SMILES string of the molecule is CC(C)(C)C(=O)[C@@H]1O[C@@H]1c1cccc(F)c1. The third-order valence-corrected chi connectivity index (χ3v) is 2.67. The number of ether oxygens (including phenoxy) is 1. The first kappa shape index (κ1) is 11.3. The van der Waals surface area contributed by atoms with Gasteiger partial charge in [0.25, 0.3) is 0 Å². The van der Waals surface area contributed by atoms with Gasteiger partial charge in [0.2, 0.25) is 0 Å². The van der Waals surface area contributed by atoms with Gasteiger partial charge in [0.1, 0.15) is 18.0 Å². The number of carbonyl (C=O) groups is 1. The number of epoxide rings is 1. The van der Waals surface area contributed by atoms with E-state index in [9.17, 15) is 9.18 Å². The summed E-state index contributed by atoms with van der Waals surface area (Å²) >= 11 is 0. The third kappa shape index (κ3) is 2.14. The minimum atomic E-state index is -0.410. The van der Waals surface area contributed by atoms with Crippen molar-refractivity contribution < 1.29 is 13.9 Å². The summed E-state index contributed by atoms with van der Waals surface area (Å²) in [5, 5.41) is 0. The predicted octanol–water partition coefficient (Wildman–Crippen LogP) is 2.88. The number of ketones is 1. The molecule has 0 N–H and O–H groups in total. The number of Topliss-reactive ketones (excluding diaryl/α,β-unsaturated/α-hetero) is 1. The molecule has 0 unspecified atom stereocenters. The second-order valence-electron chi connectivity index (χ2n) is 5.15. The molecule has 2 atom stereocenters. The molecule has 0 aromatic heterocycles. The molecular weight excluding hydrogens is 207 g/mol. The molecule has 1 heterocycles. The third-order valence-electron chi connectivity index (χ3n) is 2.67. The van der Waals surface area contributed by atoms with Crippen LogP contribution in [0.1, 0.15) is 32.4 Å². The first-order valence-electron chi connectivity index (χ1n) is 5.35. The molecule has 2 rings (SSSR count). The smallest absolute Gasteiger partial charge is 0.169 e. The number of hydrogen-bond donors (Lipinski definition) is 0. The van der Waals surface area contributed by atoms with Crippen molar-refractivity contribution in [1.82, 2.24) is 0 Å². The lowest BCUT2D eigenvalue weighted by Gasteiger charge is -2.14. The molecule has 0 spiro atoms. The molecule has 0 radical (unpaired) electrons. The molecule has 0 aliphatic carbocycles. The summed E-state index contributed by atoms with van der Waals surface area (Å²) in [6.07, 6.45) is -0.663. The zero-order valence-electron chi connectivity index (χ0n) is 9.66. The first-order valence-corrected chi connectivity index (χ1v) is 5.35. The normalized spacial score (nSPS) is 24.2. The maximum atomic E-state index is 13.0. The van der Waals surface area contributed by atoms with Crippen molar-refractivity contribution in [3.8, 4) is 0 Å². The first-order chi connectivity index (χ1) is 7.39. The van der Waals surface area contributed by atoms with Crippen LogP contribution < -0.4 is 0 Å². The number of carbonyl (C=O) groups excluding carboxylic acids is 1. The van der Waals surface area contributed by atoms with Crippen molar-refractivity contribution >= 4 is 5.78 Å². The zero-order chi connectivity index (χ0) is 11.9. The summed E-state index contributed by atoms with van der Waals surface area (Å²) < 4.78 is 18.3. The molecule has 1 fully saturated rings. The molecule has 16 heavy (non-hydrogen) atoms. The van der Waals surface area contributed by atoms with Gasteiger partial charge < -0.3 is 4.74 Å². The van der Waals surface area contributed by atoms with Crippen molar-refractivity contribution in [1.29, 1.82) is 0 Å². The van der Waals surface area contributed by atoms with Crippen LogP contribution in [-0.2, 0) is 9.53 Å². The molecular formula is C13H15FO2. The van der Waals surface area contributed by atoms with Crippen LogP contribution in [0.4, 0.5) is 4.39 Å². The van der Waals surface area contributed by atoms with Gasteiger partial charge in [0, 0.05) is 5.41 Å². The van der Waals surface area contributed by atoms with Crippen molar-refractivity contribution in [3.05, 3.63) is 35.6 Å². The lowest BCUT2D eigenvalue weighted by Crippen LogP contribution is -2.25. The van der Waals surface area contributed by atoms with Gasteiger partial charge >= 0.3 is 0 Å². The summed E-state index contributed by atoms with van der Waals surface area (Å²) in [4.78, 5) is 11.9. The predicted molar refractivity (Wildman–Crippen MR) is 58.5 cm³/mol. The highest BCUT2D eigenvalue weighted by atomic mass is 19.1. The number of benzene rings is 1. The quantitative estimate of drug-likeness (QED) is 0.720. The summed E-state index contributed by atoms with van der Waals surface area (Å²) in [6, 6.07) is 6.21. The summed E-state index contributed by atoms with van der Waals surface area (Å²) in [5.41, 5.74) is 0.329. The van der Waals surface area contributed by atoms with E-state index in [-0.39, 0.29) is 17.7 Å². The van der Waals surface area contributed by atoms with Crippen LogP contribution in [0.5, 0.6) is 0 Å². The van der Waals surface area contributed by atoms with Crippen molar-refractivity contribution in [3.63, 3.8) is 0 Å². The Kier molecular flexibility index (Phi) is 2.58. The van der Waals surface area contributed by atoms with E-state index in [1.807, 2.05) is 20.8 Å². The van der Waals surface area contributed by atoms with Gasteiger partial charge in [-0.3, -0.25) is 4.79 Å². The molecule has 2 nitrogen and oxygen atoms in total. The Morgan fingerprint density at radius 3 is 2.62 bits per heavy atom. The average molecular weight is 222 g/mol.